The maximum Gasteiger partial charge on any atom is 0.469 e. The van der Waals surface area contributed by atoms with Gasteiger partial charge >= 0.3 is 13.5 Å². The molecule has 1 aliphatic rings. The molecule has 11 nitrogen and oxygen atoms in total. The smallest absolute Gasteiger partial charge is 0.349 e. The van der Waals surface area contributed by atoms with E-state index in [-0.39, 0.29) is 6.42 Å². The molecule has 2 rings (SSSR count). The number of phosphoric ester groups is 1. The average Bonchev–Trinajstić information content (AvgIpc) is 2.76. The molecule has 0 amide bonds. The lowest BCUT2D eigenvalue weighted by Crippen LogP contribution is -2.35. The molecule has 14 heteroatoms. The molecule has 136 valence electrons. The molecule has 1 saturated heterocycles. The number of nitrogens with zero attached hydrogens (tertiary/aromatic N) is 1. The largest absolute Gasteiger partial charge is 0.469 e. The van der Waals surface area contributed by atoms with Crippen LogP contribution in [-0.4, -0.2) is 49.7 Å². The van der Waals surface area contributed by atoms with Gasteiger partial charge in [-0.25, -0.2) is 9.36 Å². The van der Waals surface area contributed by atoms with Gasteiger partial charge in [-0.05, 0) is 11.8 Å². The van der Waals surface area contributed by atoms with E-state index in [2.05, 4.69) is 9.51 Å². The maximum atomic E-state index is 11.9. The molecule has 1 aromatic heterocycles. The number of hydrogen-bond donors (Lipinski definition) is 4. The highest BCUT2D eigenvalue weighted by atomic mass is 32.5. The highest BCUT2D eigenvalue weighted by Gasteiger charge is 2.40. The quantitative estimate of drug-likeness (QED) is 0.446. The number of ether oxygens (including phenoxy) is 1. The molecule has 4 atom stereocenters. The van der Waals surface area contributed by atoms with Gasteiger partial charge in [0, 0.05) is 25.3 Å². The third-order valence-electron chi connectivity index (χ3n) is 3.03. The summed E-state index contributed by atoms with van der Waals surface area (Å²) in [6.45, 7) is -2.24. The van der Waals surface area contributed by atoms with Crippen molar-refractivity contribution in [3.63, 3.8) is 0 Å². The Hall–Kier alpha value is -0.680. The first-order chi connectivity index (χ1) is 10.9. The zero-order chi connectivity index (χ0) is 18.1. The minimum atomic E-state index is -4.69. The van der Waals surface area contributed by atoms with Crippen LogP contribution >= 0.6 is 14.3 Å². The second-order valence-corrected chi connectivity index (χ2v) is 10.2. The van der Waals surface area contributed by atoms with Crippen molar-refractivity contribution in [2.75, 3.05) is 13.3 Å². The van der Waals surface area contributed by atoms with Gasteiger partial charge in [0.1, 0.15) is 6.10 Å². The number of H-pyrrole nitrogens is 1. The summed E-state index contributed by atoms with van der Waals surface area (Å²) < 4.78 is 27.1. The van der Waals surface area contributed by atoms with Crippen LogP contribution in [0.15, 0.2) is 21.9 Å². The first kappa shape index (κ1) is 19.6. The van der Waals surface area contributed by atoms with Gasteiger partial charge < -0.3 is 23.9 Å². The summed E-state index contributed by atoms with van der Waals surface area (Å²) in [7, 11) is -4.69. The molecule has 0 bridgehead atoms. The molecular formula is C10H16N2O9P2S. The molecule has 0 spiro atoms. The predicted octanol–water partition coefficient (Wildman–Crippen LogP) is -0.750. The van der Waals surface area contributed by atoms with Gasteiger partial charge in [-0.15, -0.1) is 0 Å². The van der Waals surface area contributed by atoms with Crippen molar-refractivity contribution in [1.82, 2.24) is 9.55 Å². The highest BCUT2D eigenvalue weighted by molar-refractivity contribution is 8.09. The number of aromatic nitrogens is 2. The third-order valence-corrected chi connectivity index (χ3v) is 4.44. The summed E-state index contributed by atoms with van der Waals surface area (Å²) in [5.41, 5.74) is -1.36. The van der Waals surface area contributed by atoms with Crippen LogP contribution < -0.4 is 11.2 Å². The fraction of sp³-hybridized carbons (Fsp3) is 0.600. The van der Waals surface area contributed by atoms with Crippen LogP contribution in [0.5, 0.6) is 0 Å². The third kappa shape index (κ3) is 5.69. The zero-order valence-electron chi connectivity index (χ0n) is 12.3. The van der Waals surface area contributed by atoms with Crippen LogP contribution in [0.4, 0.5) is 0 Å². The van der Waals surface area contributed by atoms with Gasteiger partial charge in [-0.3, -0.25) is 18.9 Å². The molecule has 1 fully saturated rings. The van der Waals surface area contributed by atoms with E-state index in [0.717, 1.165) is 10.6 Å². The number of aromatic amines is 1. The highest BCUT2D eigenvalue weighted by Crippen LogP contribution is 2.45. The minimum absolute atomic E-state index is 0.0724. The molecule has 4 N–H and O–H groups in total. The van der Waals surface area contributed by atoms with Crippen LogP contribution in [-0.2, 0) is 30.2 Å². The Bertz CT molecular complexity index is 796. The standard InChI is InChI=1S/C10H16N2O9P2S/c1-22(15,24)21-7-4-6(5-19-23(16,17)18)20-9(7)12-3-2-8(13)11-10(12)14/h2-3,6-7,9H,4-5H2,1H3,(H,15,24)(H,11,13,14)(H2,16,17,18)/t6-,7+,9+,22?/m0/s1. The fourth-order valence-electron chi connectivity index (χ4n) is 2.22. The first-order valence-electron chi connectivity index (χ1n) is 6.60. The van der Waals surface area contributed by atoms with Crippen molar-refractivity contribution < 1.29 is 33.0 Å². The number of nitrogens with one attached hydrogen (secondary N) is 1. The van der Waals surface area contributed by atoms with E-state index in [1.165, 1.54) is 12.9 Å². The number of hydrogen-bond acceptors (Lipinski definition) is 7. The van der Waals surface area contributed by atoms with Gasteiger partial charge in [0.15, 0.2) is 12.7 Å². The molecule has 24 heavy (non-hydrogen) atoms. The summed E-state index contributed by atoms with van der Waals surface area (Å²) in [5, 5.41) is 0. The Morgan fingerprint density at radius 3 is 2.67 bits per heavy atom. The summed E-state index contributed by atoms with van der Waals surface area (Å²) in [6.07, 6.45) is -1.46. The molecule has 1 unspecified atom stereocenters. The molecular weight excluding hydrogens is 386 g/mol. The number of rotatable bonds is 6. The summed E-state index contributed by atoms with van der Waals surface area (Å²) in [5.74, 6) is 0. The second kappa shape index (κ2) is 7.28. The van der Waals surface area contributed by atoms with Gasteiger partial charge in [0.05, 0.1) is 12.7 Å². The van der Waals surface area contributed by atoms with Crippen molar-refractivity contribution in [2.45, 2.75) is 24.9 Å². The summed E-state index contributed by atoms with van der Waals surface area (Å²) in [4.78, 5) is 52.3. The van der Waals surface area contributed by atoms with Crippen molar-refractivity contribution in [3.8, 4) is 0 Å². The Morgan fingerprint density at radius 1 is 1.46 bits per heavy atom. The van der Waals surface area contributed by atoms with E-state index >= 15 is 0 Å². The van der Waals surface area contributed by atoms with Gasteiger partial charge in [0.25, 0.3) is 5.56 Å². The van der Waals surface area contributed by atoms with Crippen LogP contribution in [0.3, 0.4) is 0 Å². The van der Waals surface area contributed by atoms with Crippen LogP contribution in [0.2, 0.25) is 0 Å². The molecule has 0 radical (unpaired) electrons. The van der Waals surface area contributed by atoms with Crippen molar-refractivity contribution in [1.29, 1.82) is 0 Å². The van der Waals surface area contributed by atoms with Gasteiger partial charge in [-0.2, -0.15) is 0 Å². The van der Waals surface area contributed by atoms with E-state index in [9.17, 15) is 19.0 Å². The molecule has 0 aromatic carbocycles. The summed E-state index contributed by atoms with van der Waals surface area (Å²) >= 11 is 4.83. The Balaban J connectivity index is 2.24. The first-order valence-corrected chi connectivity index (χ1v) is 11.3. The van der Waals surface area contributed by atoms with Crippen LogP contribution in [0.25, 0.3) is 0 Å². The normalized spacial score (nSPS) is 27.1. The summed E-state index contributed by atoms with van der Waals surface area (Å²) in [6, 6.07) is 1.10. The topological polar surface area (TPSA) is 160 Å². The number of phosphoric acid groups is 1. The SMILES string of the molecule is CP(O)(=S)O[C@@H]1C[C@@H](COP(=O)(O)O)O[C@H]1n1ccc(=O)[nH]c1=O. The van der Waals surface area contributed by atoms with E-state index in [0.29, 0.717) is 0 Å². The lowest BCUT2D eigenvalue weighted by atomic mass is 10.2. The molecule has 2 heterocycles. The van der Waals surface area contributed by atoms with Crippen molar-refractivity contribution in [2.24, 2.45) is 0 Å². The fourth-order valence-corrected chi connectivity index (χ4v) is 3.61. The average molecular weight is 402 g/mol. The Kier molecular flexibility index (Phi) is 5.96. The Labute approximate surface area is 140 Å². The predicted molar refractivity (Wildman–Crippen MR) is 85.1 cm³/mol. The van der Waals surface area contributed by atoms with Crippen molar-refractivity contribution >= 4 is 26.1 Å². The van der Waals surface area contributed by atoms with Crippen molar-refractivity contribution in [3.05, 3.63) is 33.1 Å². The lowest BCUT2D eigenvalue weighted by Gasteiger charge is -2.23. The van der Waals surface area contributed by atoms with Crippen LogP contribution in [0.1, 0.15) is 12.6 Å². The zero-order valence-corrected chi connectivity index (χ0v) is 14.9. The molecule has 1 aliphatic heterocycles. The van der Waals surface area contributed by atoms with E-state index in [1.54, 1.807) is 0 Å². The maximum absolute atomic E-state index is 11.9. The van der Waals surface area contributed by atoms with Crippen LogP contribution in [0, 0.1) is 0 Å². The van der Waals surface area contributed by atoms with E-state index in [1.807, 2.05) is 0 Å². The second-order valence-electron chi connectivity index (χ2n) is 5.13. The minimum Gasteiger partial charge on any atom is -0.349 e. The molecule has 0 aliphatic carbocycles. The molecule has 1 aromatic rings. The van der Waals surface area contributed by atoms with Gasteiger partial charge in [-0.1, -0.05) is 0 Å². The van der Waals surface area contributed by atoms with E-state index < -0.39 is 50.6 Å². The van der Waals surface area contributed by atoms with Gasteiger partial charge in [0.2, 0.25) is 0 Å². The monoisotopic (exact) mass is 402 g/mol. The molecule has 0 saturated carbocycles. The van der Waals surface area contributed by atoms with E-state index in [4.69, 9.17) is 30.9 Å². The Morgan fingerprint density at radius 2 is 2.12 bits per heavy atom. The lowest BCUT2D eigenvalue weighted by molar-refractivity contribution is -0.0472.